The Bertz CT molecular complexity index is 540. The zero-order valence-corrected chi connectivity index (χ0v) is 12.4. The fourth-order valence-corrected chi connectivity index (χ4v) is 2.67. The van der Waals surface area contributed by atoms with Crippen molar-refractivity contribution in [2.45, 2.75) is 33.2 Å². The third-order valence-corrected chi connectivity index (χ3v) is 3.44. The van der Waals surface area contributed by atoms with E-state index in [4.69, 9.17) is 0 Å². The molecule has 0 heterocycles. The van der Waals surface area contributed by atoms with Crippen LogP contribution < -0.4 is 5.32 Å². The van der Waals surface area contributed by atoms with Crippen LogP contribution in [0.4, 0.5) is 4.39 Å². The van der Waals surface area contributed by atoms with E-state index in [1.54, 1.807) is 0 Å². The predicted molar refractivity (Wildman–Crippen MR) is 82.4 cm³/mol. The summed E-state index contributed by atoms with van der Waals surface area (Å²) in [5.41, 5.74) is 5.02. The number of nitrogens with one attached hydrogen (secondary N) is 1. The van der Waals surface area contributed by atoms with Gasteiger partial charge in [-0.1, -0.05) is 48.4 Å². The maximum absolute atomic E-state index is 13.0. The summed E-state index contributed by atoms with van der Waals surface area (Å²) < 4.78 is 13.0. The van der Waals surface area contributed by atoms with E-state index >= 15 is 0 Å². The lowest BCUT2D eigenvalue weighted by atomic mass is 9.96. The number of hydrogen-bond donors (Lipinski definition) is 1. The van der Waals surface area contributed by atoms with Crippen molar-refractivity contribution in [1.29, 1.82) is 0 Å². The molecule has 1 unspecified atom stereocenters. The molecule has 0 fully saturated rings. The van der Waals surface area contributed by atoms with Crippen molar-refractivity contribution < 1.29 is 4.39 Å². The monoisotopic (exact) mass is 271 g/mol. The molecule has 0 spiro atoms. The van der Waals surface area contributed by atoms with Gasteiger partial charge in [0.05, 0.1) is 0 Å². The van der Waals surface area contributed by atoms with Crippen LogP contribution in [0.3, 0.4) is 0 Å². The van der Waals surface area contributed by atoms with Crippen LogP contribution in [0.15, 0.2) is 42.5 Å². The summed E-state index contributed by atoms with van der Waals surface area (Å²) in [4.78, 5) is 0. The number of hydrogen-bond acceptors (Lipinski definition) is 1. The van der Waals surface area contributed by atoms with Crippen molar-refractivity contribution >= 4 is 0 Å². The molecule has 1 N–H and O–H groups in total. The Hall–Kier alpha value is -1.67. The summed E-state index contributed by atoms with van der Waals surface area (Å²) in [5.74, 6) is -0.185. The molecule has 1 nitrogen and oxygen atoms in total. The van der Waals surface area contributed by atoms with Gasteiger partial charge in [-0.2, -0.15) is 0 Å². The van der Waals surface area contributed by atoms with E-state index < -0.39 is 0 Å². The zero-order valence-electron chi connectivity index (χ0n) is 12.4. The molecule has 2 rings (SSSR count). The van der Waals surface area contributed by atoms with Crippen molar-refractivity contribution in [1.82, 2.24) is 5.32 Å². The van der Waals surface area contributed by atoms with Gasteiger partial charge < -0.3 is 5.32 Å². The van der Waals surface area contributed by atoms with Crippen molar-refractivity contribution in [2.24, 2.45) is 0 Å². The molecule has 0 amide bonds. The third-order valence-electron chi connectivity index (χ3n) is 3.44. The van der Waals surface area contributed by atoms with E-state index in [0.717, 1.165) is 18.5 Å². The highest BCUT2D eigenvalue weighted by Crippen LogP contribution is 2.20. The highest BCUT2D eigenvalue weighted by atomic mass is 19.1. The van der Waals surface area contributed by atoms with Crippen LogP contribution in [0, 0.1) is 19.7 Å². The SMILES string of the molecule is CCNC(Cc1cc(C)cc(C)c1)c1ccc(F)cc1. The van der Waals surface area contributed by atoms with Crippen LogP contribution in [0.25, 0.3) is 0 Å². The number of benzene rings is 2. The Balaban J connectivity index is 2.22. The summed E-state index contributed by atoms with van der Waals surface area (Å²) in [7, 11) is 0. The molecular formula is C18H22FN. The lowest BCUT2D eigenvalue weighted by Crippen LogP contribution is -2.23. The van der Waals surface area contributed by atoms with Crippen molar-refractivity contribution in [3.05, 3.63) is 70.5 Å². The molecule has 106 valence electrons. The fourth-order valence-electron chi connectivity index (χ4n) is 2.67. The molecule has 2 heteroatoms. The van der Waals surface area contributed by atoms with Gasteiger partial charge >= 0.3 is 0 Å². The minimum Gasteiger partial charge on any atom is -0.310 e. The number of aryl methyl sites for hydroxylation is 2. The molecule has 0 aliphatic rings. The molecule has 0 saturated carbocycles. The van der Waals surface area contributed by atoms with E-state index in [-0.39, 0.29) is 11.9 Å². The molecule has 2 aromatic carbocycles. The third kappa shape index (κ3) is 3.91. The van der Waals surface area contributed by atoms with Crippen LogP contribution in [-0.4, -0.2) is 6.54 Å². The predicted octanol–water partition coefficient (Wildman–Crippen LogP) is 4.34. The minimum atomic E-state index is -0.185. The van der Waals surface area contributed by atoms with Crippen molar-refractivity contribution in [3.8, 4) is 0 Å². The number of likely N-dealkylation sites (N-methyl/N-ethyl adjacent to an activating group) is 1. The van der Waals surface area contributed by atoms with Gasteiger partial charge in [-0.05, 0) is 50.1 Å². The van der Waals surface area contributed by atoms with E-state index in [1.807, 2.05) is 12.1 Å². The van der Waals surface area contributed by atoms with Crippen molar-refractivity contribution in [2.75, 3.05) is 6.54 Å². The smallest absolute Gasteiger partial charge is 0.123 e. The molecule has 20 heavy (non-hydrogen) atoms. The van der Waals surface area contributed by atoms with Crippen LogP contribution in [-0.2, 0) is 6.42 Å². The Morgan fingerprint density at radius 3 is 2.15 bits per heavy atom. The summed E-state index contributed by atoms with van der Waals surface area (Å²) in [6.45, 7) is 7.23. The Morgan fingerprint density at radius 2 is 1.60 bits per heavy atom. The van der Waals surface area contributed by atoms with Crippen LogP contribution in [0.5, 0.6) is 0 Å². The molecule has 0 aromatic heterocycles. The summed E-state index contributed by atoms with van der Waals surface area (Å²) in [6, 6.07) is 13.6. The molecule has 0 saturated heterocycles. The maximum atomic E-state index is 13.0. The van der Waals surface area contributed by atoms with E-state index in [2.05, 4.69) is 44.3 Å². The average molecular weight is 271 g/mol. The highest BCUT2D eigenvalue weighted by molar-refractivity contribution is 5.31. The maximum Gasteiger partial charge on any atom is 0.123 e. The first-order chi connectivity index (χ1) is 9.58. The molecule has 1 atom stereocenters. The molecule has 0 radical (unpaired) electrons. The topological polar surface area (TPSA) is 12.0 Å². The molecular weight excluding hydrogens is 249 g/mol. The van der Waals surface area contributed by atoms with E-state index in [0.29, 0.717) is 0 Å². The quantitative estimate of drug-likeness (QED) is 0.853. The van der Waals surface area contributed by atoms with Crippen LogP contribution in [0.2, 0.25) is 0 Å². The summed E-state index contributed by atoms with van der Waals surface area (Å²) >= 11 is 0. The molecule has 0 aliphatic carbocycles. The van der Waals surface area contributed by atoms with E-state index in [1.165, 1.54) is 28.8 Å². The second-order valence-corrected chi connectivity index (χ2v) is 5.36. The first kappa shape index (κ1) is 14.7. The van der Waals surface area contributed by atoms with Gasteiger partial charge in [0.25, 0.3) is 0 Å². The van der Waals surface area contributed by atoms with Gasteiger partial charge in [-0.15, -0.1) is 0 Å². The largest absolute Gasteiger partial charge is 0.310 e. The fraction of sp³-hybridized carbons (Fsp3) is 0.333. The Labute approximate surface area is 120 Å². The van der Waals surface area contributed by atoms with Gasteiger partial charge in [0, 0.05) is 6.04 Å². The highest BCUT2D eigenvalue weighted by Gasteiger charge is 2.11. The Morgan fingerprint density at radius 1 is 1.00 bits per heavy atom. The molecule has 2 aromatic rings. The van der Waals surface area contributed by atoms with Crippen LogP contribution >= 0.6 is 0 Å². The number of rotatable bonds is 5. The normalized spacial score (nSPS) is 12.4. The standard InChI is InChI=1S/C18H22FN/c1-4-20-18(16-5-7-17(19)8-6-16)12-15-10-13(2)9-14(3)11-15/h5-11,18,20H,4,12H2,1-3H3. The molecule has 0 aliphatic heterocycles. The van der Waals surface area contributed by atoms with Crippen LogP contribution in [0.1, 0.15) is 35.2 Å². The van der Waals surface area contributed by atoms with E-state index in [9.17, 15) is 4.39 Å². The average Bonchev–Trinajstić information content (AvgIpc) is 2.38. The second-order valence-electron chi connectivity index (χ2n) is 5.36. The Kier molecular flexibility index (Phi) is 4.91. The minimum absolute atomic E-state index is 0.185. The lowest BCUT2D eigenvalue weighted by Gasteiger charge is -2.19. The van der Waals surface area contributed by atoms with Gasteiger partial charge in [0.2, 0.25) is 0 Å². The first-order valence-electron chi connectivity index (χ1n) is 7.14. The summed E-state index contributed by atoms with van der Waals surface area (Å²) in [6.07, 6.45) is 0.919. The van der Waals surface area contributed by atoms with Gasteiger partial charge in [-0.3, -0.25) is 0 Å². The van der Waals surface area contributed by atoms with Gasteiger partial charge in [0.15, 0.2) is 0 Å². The van der Waals surface area contributed by atoms with Gasteiger partial charge in [-0.25, -0.2) is 4.39 Å². The zero-order chi connectivity index (χ0) is 14.5. The van der Waals surface area contributed by atoms with Crippen molar-refractivity contribution in [3.63, 3.8) is 0 Å². The van der Waals surface area contributed by atoms with Gasteiger partial charge in [0.1, 0.15) is 5.82 Å². The molecule has 0 bridgehead atoms. The first-order valence-corrected chi connectivity index (χ1v) is 7.14. The number of halogens is 1. The lowest BCUT2D eigenvalue weighted by molar-refractivity contribution is 0.547. The summed E-state index contributed by atoms with van der Waals surface area (Å²) in [5, 5.41) is 3.48. The second kappa shape index (κ2) is 6.67.